The molecule has 1 saturated carbocycles. The number of anilines is 1. The lowest BCUT2D eigenvalue weighted by molar-refractivity contribution is 0.102. The van der Waals surface area contributed by atoms with E-state index in [1.54, 1.807) is 0 Å². The molecule has 0 atom stereocenters. The number of fused-ring (bicyclic) bond motifs is 2. The van der Waals surface area contributed by atoms with Gasteiger partial charge in [0.2, 0.25) is 0 Å². The third-order valence-corrected chi connectivity index (χ3v) is 5.16. The summed E-state index contributed by atoms with van der Waals surface area (Å²) in [5.41, 5.74) is 4.62. The number of carbonyl (C=O) groups is 1. The second-order valence-corrected chi connectivity index (χ2v) is 7.73. The van der Waals surface area contributed by atoms with Crippen molar-refractivity contribution in [1.29, 1.82) is 0 Å². The van der Waals surface area contributed by atoms with Gasteiger partial charge >= 0.3 is 0 Å². The summed E-state index contributed by atoms with van der Waals surface area (Å²) in [5.74, 6) is 1.36. The molecule has 1 aliphatic rings. The van der Waals surface area contributed by atoms with Crippen LogP contribution in [0.2, 0.25) is 0 Å². The molecule has 5 nitrogen and oxygen atoms in total. The summed E-state index contributed by atoms with van der Waals surface area (Å²) in [4.78, 5) is 22.3. The second kappa shape index (κ2) is 6.44. The molecule has 5 heteroatoms. The van der Waals surface area contributed by atoms with Gasteiger partial charge < -0.3 is 9.73 Å². The highest BCUT2D eigenvalue weighted by molar-refractivity contribution is 6.12. The maximum Gasteiger partial charge on any atom is 0.256 e. The fourth-order valence-electron chi connectivity index (χ4n) is 3.41. The van der Waals surface area contributed by atoms with Gasteiger partial charge in [0.1, 0.15) is 5.52 Å². The minimum atomic E-state index is -0.147. The zero-order valence-electron chi connectivity index (χ0n) is 15.9. The van der Waals surface area contributed by atoms with Gasteiger partial charge in [-0.3, -0.25) is 9.78 Å². The van der Waals surface area contributed by atoms with E-state index in [4.69, 9.17) is 4.42 Å². The van der Waals surface area contributed by atoms with Crippen LogP contribution in [0, 0.1) is 0 Å². The van der Waals surface area contributed by atoms with Gasteiger partial charge in [-0.25, -0.2) is 4.98 Å². The first kappa shape index (κ1) is 16.9. The molecule has 1 amide bonds. The first-order chi connectivity index (χ1) is 13.6. The fourth-order valence-corrected chi connectivity index (χ4v) is 3.41. The zero-order valence-corrected chi connectivity index (χ0v) is 15.9. The SMILES string of the molecule is CC(C)c1cc(C(=O)Nc2ccc3oc(C4CC4)nc3c2)c2ccccc2n1. The molecule has 0 unspecified atom stereocenters. The van der Waals surface area contributed by atoms with Gasteiger partial charge in [-0.2, -0.15) is 0 Å². The number of para-hydroxylation sites is 1. The topological polar surface area (TPSA) is 68.0 Å². The van der Waals surface area contributed by atoms with Gasteiger partial charge in [-0.15, -0.1) is 0 Å². The van der Waals surface area contributed by atoms with E-state index in [9.17, 15) is 4.79 Å². The predicted octanol–water partition coefficient (Wildman–Crippen LogP) is 5.63. The fraction of sp³-hybridized carbons (Fsp3) is 0.261. The van der Waals surface area contributed by atoms with Crippen LogP contribution in [0.1, 0.15) is 60.5 Å². The van der Waals surface area contributed by atoms with E-state index in [1.807, 2.05) is 48.5 Å². The molecule has 2 aromatic carbocycles. The van der Waals surface area contributed by atoms with E-state index in [0.717, 1.165) is 46.4 Å². The predicted molar refractivity (Wildman–Crippen MR) is 110 cm³/mol. The van der Waals surface area contributed by atoms with Crippen molar-refractivity contribution in [2.45, 2.75) is 38.5 Å². The molecule has 0 radical (unpaired) electrons. The zero-order chi connectivity index (χ0) is 19.3. The third-order valence-electron chi connectivity index (χ3n) is 5.16. The van der Waals surface area contributed by atoms with Gasteiger partial charge in [-0.05, 0) is 49.1 Å². The summed E-state index contributed by atoms with van der Waals surface area (Å²) >= 11 is 0. The quantitative estimate of drug-likeness (QED) is 0.505. The van der Waals surface area contributed by atoms with Gasteiger partial charge in [0.15, 0.2) is 11.5 Å². The maximum absolute atomic E-state index is 13.1. The number of pyridine rings is 1. The molecule has 0 aliphatic heterocycles. The molecule has 0 bridgehead atoms. The molecule has 28 heavy (non-hydrogen) atoms. The average Bonchev–Trinajstić information content (AvgIpc) is 3.46. The third kappa shape index (κ3) is 3.03. The Labute approximate surface area is 162 Å². The summed E-state index contributed by atoms with van der Waals surface area (Å²) in [7, 11) is 0. The molecule has 2 heterocycles. The number of carbonyl (C=O) groups excluding carboxylic acids is 1. The van der Waals surface area contributed by atoms with Crippen molar-refractivity contribution in [1.82, 2.24) is 9.97 Å². The monoisotopic (exact) mass is 371 g/mol. The van der Waals surface area contributed by atoms with Gasteiger partial charge in [-0.1, -0.05) is 32.0 Å². The van der Waals surface area contributed by atoms with E-state index in [-0.39, 0.29) is 11.8 Å². The lowest BCUT2D eigenvalue weighted by Gasteiger charge is -2.12. The molecule has 0 spiro atoms. The number of benzene rings is 2. The van der Waals surface area contributed by atoms with Crippen molar-refractivity contribution in [3.8, 4) is 0 Å². The number of amides is 1. The molecule has 4 aromatic rings. The number of oxazole rings is 1. The van der Waals surface area contributed by atoms with Crippen LogP contribution in [0.3, 0.4) is 0 Å². The number of hydrogen-bond donors (Lipinski definition) is 1. The van der Waals surface area contributed by atoms with Crippen LogP contribution in [0.4, 0.5) is 5.69 Å². The van der Waals surface area contributed by atoms with Crippen LogP contribution in [0.25, 0.3) is 22.0 Å². The van der Waals surface area contributed by atoms with Gasteiger partial charge in [0.05, 0.1) is 11.1 Å². The standard InChI is InChI=1S/C23H21N3O2/c1-13(2)19-12-17(16-5-3-4-6-18(16)25-19)22(27)24-15-9-10-21-20(11-15)26-23(28-21)14-7-8-14/h3-6,9-14H,7-8H2,1-2H3,(H,24,27). The highest BCUT2D eigenvalue weighted by Crippen LogP contribution is 2.40. The normalized spacial score (nSPS) is 14.1. The first-order valence-electron chi connectivity index (χ1n) is 9.70. The van der Waals surface area contributed by atoms with E-state index in [2.05, 4.69) is 29.1 Å². The Bertz CT molecular complexity index is 1210. The van der Waals surface area contributed by atoms with Crippen molar-refractivity contribution in [2.24, 2.45) is 0 Å². The van der Waals surface area contributed by atoms with Crippen molar-refractivity contribution < 1.29 is 9.21 Å². The highest BCUT2D eigenvalue weighted by Gasteiger charge is 2.29. The van der Waals surface area contributed by atoms with E-state index in [1.165, 1.54) is 0 Å². The Morgan fingerprint density at radius 1 is 1.07 bits per heavy atom. The van der Waals surface area contributed by atoms with Crippen molar-refractivity contribution in [3.05, 3.63) is 65.7 Å². The molecule has 2 aromatic heterocycles. The number of nitrogens with one attached hydrogen (secondary N) is 1. The lowest BCUT2D eigenvalue weighted by Crippen LogP contribution is -2.13. The summed E-state index contributed by atoms with van der Waals surface area (Å²) in [5, 5.41) is 3.86. The average molecular weight is 371 g/mol. The summed E-state index contributed by atoms with van der Waals surface area (Å²) in [6.07, 6.45) is 2.29. The van der Waals surface area contributed by atoms with Crippen LogP contribution < -0.4 is 5.32 Å². The number of rotatable bonds is 4. The molecular weight excluding hydrogens is 350 g/mol. The Kier molecular flexibility index (Phi) is 3.90. The Morgan fingerprint density at radius 2 is 1.89 bits per heavy atom. The summed E-state index contributed by atoms with van der Waals surface area (Å²) < 4.78 is 5.80. The molecule has 1 aliphatic carbocycles. The number of nitrogens with zero attached hydrogens (tertiary/aromatic N) is 2. The maximum atomic E-state index is 13.1. The van der Waals surface area contributed by atoms with Crippen molar-refractivity contribution in [2.75, 3.05) is 5.32 Å². The molecule has 5 rings (SSSR count). The largest absolute Gasteiger partial charge is 0.440 e. The molecule has 1 N–H and O–H groups in total. The van der Waals surface area contributed by atoms with Crippen LogP contribution in [0.15, 0.2) is 52.9 Å². The van der Waals surface area contributed by atoms with E-state index < -0.39 is 0 Å². The van der Waals surface area contributed by atoms with Crippen molar-refractivity contribution >= 4 is 33.6 Å². The molecule has 0 saturated heterocycles. The highest BCUT2D eigenvalue weighted by atomic mass is 16.3. The van der Waals surface area contributed by atoms with E-state index in [0.29, 0.717) is 17.2 Å². The smallest absolute Gasteiger partial charge is 0.256 e. The summed E-state index contributed by atoms with van der Waals surface area (Å²) in [6, 6.07) is 15.2. The van der Waals surface area contributed by atoms with Crippen molar-refractivity contribution in [3.63, 3.8) is 0 Å². The second-order valence-electron chi connectivity index (χ2n) is 7.73. The Morgan fingerprint density at radius 3 is 2.68 bits per heavy atom. The molecule has 1 fully saturated rings. The minimum absolute atomic E-state index is 0.147. The van der Waals surface area contributed by atoms with Gasteiger partial charge in [0, 0.05) is 22.7 Å². The van der Waals surface area contributed by atoms with Crippen LogP contribution >= 0.6 is 0 Å². The molecular formula is C23H21N3O2. The number of hydrogen-bond acceptors (Lipinski definition) is 4. The van der Waals surface area contributed by atoms with Crippen LogP contribution in [-0.4, -0.2) is 15.9 Å². The summed E-state index contributed by atoms with van der Waals surface area (Å²) in [6.45, 7) is 4.16. The van der Waals surface area contributed by atoms with Crippen LogP contribution in [0.5, 0.6) is 0 Å². The number of aromatic nitrogens is 2. The Balaban J connectivity index is 1.50. The Hall–Kier alpha value is -3.21. The minimum Gasteiger partial charge on any atom is -0.440 e. The van der Waals surface area contributed by atoms with Crippen LogP contribution in [-0.2, 0) is 0 Å². The van der Waals surface area contributed by atoms with Gasteiger partial charge in [0.25, 0.3) is 5.91 Å². The lowest BCUT2D eigenvalue weighted by atomic mass is 10.0. The van der Waals surface area contributed by atoms with E-state index >= 15 is 0 Å². The first-order valence-corrected chi connectivity index (χ1v) is 9.70. The molecule has 140 valence electrons.